The lowest BCUT2D eigenvalue weighted by Gasteiger charge is -2.35. The molecule has 0 amide bonds. The van der Waals surface area contributed by atoms with Crippen LogP contribution in [0, 0.1) is 6.92 Å². The number of benzene rings is 10. The fourth-order valence-corrected chi connectivity index (χ4v) is 13.2. The number of aryl methyl sites for hydroxylation is 1. The van der Waals surface area contributed by atoms with Crippen molar-refractivity contribution in [3.63, 3.8) is 0 Å². The lowest BCUT2D eigenvalue weighted by molar-refractivity contribution is 0.768. The molecule has 0 N–H and O–H groups in total. The number of nitrogens with zero attached hydrogens (tertiary/aromatic N) is 1. The van der Waals surface area contributed by atoms with Crippen molar-refractivity contribution >= 4 is 44.6 Å². The average Bonchev–Trinajstić information content (AvgIpc) is 4.04. The van der Waals surface area contributed by atoms with Crippen LogP contribution in [0.1, 0.15) is 54.9 Å². The lowest BCUT2D eigenvalue weighted by Crippen LogP contribution is -2.28. The van der Waals surface area contributed by atoms with Gasteiger partial charge < -0.3 is 4.90 Å². The highest BCUT2D eigenvalue weighted by Gasteiger charge is 2.47. The zero-order chi connectivity index (χ0) is 47.5. The van der Waals surface area contributed by atoms with Crippen molar-refractivity contribution in [2.45, 2.75) is 17.8 Å². The molecule has 0 radical (unpaired) electrons. The minimum Gasteiger partial charge on any atom is -0.310 e. The predicted octanol–water partition coefficient (Wildman–Crippen LogP) is 18.3. The first kappa shape index (κ1) is 42.5. The van der Waals surface area contributed by atoms with Crippen molar-refractivity contribution in [2.75, 3.05) is 4.90 Å². The normalized spacial score (nSPS) is 13.6. The monoisotopic (exact) mass is 923 g/mol. The van der Waals surface area contributed by atoms with Crippen LogP contribution < -0.4 is 4.90 Å². The minimum atomic E-state index is -0.489. The largest absolute Gasteiger partial charge is 0.310 e. The second-order valence-corrected chi connectivity index (χ2v) is 20.0. The van der Waals surface area contributed by atoms with Crippen LogP contribution in [0.2, 0.25) is 0 Å². The molecule has 0 atom stereocenters. The fourth-order valence-electron chi connectivity index (χ4n) is 12.2. The van der Waals surface area contributed by atoms with Crippen molar-refractivity contribution in [1.29, 1.82) is 0 Å². The third kappa shape index (κ3) is 6.52. The number of anilines is 3. The fraction of sp³-hybridized carbons (Fsp3) is 0.0435. The first-order chi connectivity index (χ1) is 35.1. The van der Waals surface area contributed by atoms with Crippen molar-refractivity contribution in [1.82, 2.24) is 0 Å². The summed E-state index contributed by atoms with van der Waals surface area (Å²) in [5.74, 6) is 0. The molecule has 0 fully saturated rings. The van der Waals surface area contributed by atoms with Crippen LogP contribution in [0.3, 0.4) is 0 Å². The summed E-state index contributed by atoms with van der Waals surface area (Å²) in [4.78, 5) is 3.74. The van der Waals surface area contributed by atoms with E-state index < -0.39 is 10.8 Å². The smallest absolute Gasteiger partial charge is 0.0713 e. The maximum Gasteiger partial charge on any atom is 0.0713 e. The van der Waals surface area contributed by atoms with E-state index in [9.17, 15) is 0 Å². The van der Waals surface area contributed by atoms with E-state index >= 15 is 0 Å². The summed E-state index contributed by atoms with van der Waals surface area (Å²) >= 11 is 1.84. The Kier molecular flexibility index (Phi) is 10.3. The summed E-state index contributed by atoms with van der Waals surface area (Å²) in [6, 6.07) is 92.7. The van der Waals surface area contributed by atoms with Gasteiger partial charge in [-0.3, -0.25) is 0 Å². The van der Waals surface area contributed by atoms with Gasteiger partial charge in [-0.25, -0.2) is 0 Å². The van der Waals surface area contributed by atoms with Crippen LogP contribution in [0.4, 0.5) is 17.1 Å². The van der Waals surface area contributed by atoms with Gasteiger partial charge in [0.15, 0.2) is 0 Å². The zero-order valence-corrected chi connectivity index (χ0v) is 40.3. The molecule has 0 bridgehead atoms. The van der Waals surface area contributed by atoms with Crippen molar-refractivity contribution in [2.24, 2.45) is 0 Å². The number of hydrogen-bond acceptors (Lipinski definition) is 2. The van der Waals surface area contributed by atoms with Gasteiger partial charge >= 0.3 is 0 Å². The Balaban J connectivity index is 0.991. The molecule has 0 spiro atoms. The van der Waals surface area contributed by atoms with E-state index in [2.05, 4.69) is 273 Å². The molecular weight excluding hydrogens is 875 g/mol. The summed E-state index contributed by atoms with van der Waals surface area (Å²) in [7, 11) is 0. The Hall–Kier alpha value is -8.56. The molecule has 11 aromatic rings. The quantitative estimate of drug-likeness (QED) is 0.124. The Labute approximate surface area is 420 Å². The number of rotatable bonds is 10. The first-order valence-corrected chi connectivity index (χ1v) is 25.3. The second-order valence-electron chi connectivity index (χ2n) is 18.8. The van der Waals surface area contributed by atoms with Gasteiger partial charge in [-0.05, 0) is 139 Å². The zero-order valence-electron chi connectivity index (χ0n) is 39.5. The minimum absolute atomic E-state index is 0.489. The maximum atomic E-state index is 3.94. The molecule has 2 aliphatic carbocycles. The molecular formula is C69H49NS. The summed E-state index contributed by atoms with van der Waals surface area (Å²) < 4.78 is 1.29. The highest BCUT2D eigenvalue weighted by molar-refractivity contribution is 7.19. The van der Waals surface area contributed by atoms with Gasteiger partial charge in [0.2, 0.25) is 0 Å². The summed E-state index contributed by atoms with van der Waals surface area (Å²) in [5.41, 5.74) is 21.2. The molecule has 1 nitrogen and oxygen atoms in total. The molecule has 2 aliphatic rings. The lowest BCUT2D eigenvalue weighted by atomic mass is 9.67. The average molecular weight is 924 g/mol. The summed E-state index contributed by atoms with van der Waals surface area (Å²) in [6.45, 7) is 6.15. The molecule has 10 aromatic carbocycles. The van der Waals surface area contributed by atoms with Gasteiger partial charge in [0.05, 0.1) is 10.8 Å². The van der Waals surface area contributed by atoms with E-state index in [1.165, 1.54) is 92.9 Å². The number of allylic oxidation sites excluding steroid dienone is 2. The standard InChI is InChI=1S/C69H49NS/c1-3-4-26-57-47(2)71-67-44-35-49(46-62(57)67)48-20-19-25-56(45-48)70(54-40-36-52(37-41-54)68(50-21-7-5-8-22-50)63-31-15-11-27-58(63)59-28-12-16-32-64(59)68)55-42-38-53(39-43-55)69(51-23-9-6-10-24-51)65-33-17-13-29-60(65)61-30-14-18-34-66(61)69/h3-46H,1H2,2H3/b26-4-. The topological polar surface area (TPSA) is 3.24 Å². The Morgan fingerprint density at radius 2 is 0.817 bits per heavy atom. The van der Waals surface area contributed by atoms with Crippen molar-refractivity contribution in [3.8, 4) is 33.4 Å². The van der Waals surface area contributed by atoms with Crippen LogP contribution >= 0.6 is 11.3 Å². The van der Waals surface area contributed by atoms with Crippen LogP contribution in [-0.2, 0) is 10.8 Å². The molecule has 71 heavy (non-hydrogen) atoms. The summed E-state index contributed by atoms with van der Waals surface area (Å²) in [5, 5.41) is 1.27. The van der Waals surface area contributed by atoms with E-state index in [1.807, 2.05) is 23.5 Å². The van der Waals surface area contributed by atoms with E-state index in [0.717, 1.165) is 22.6 Å². The van der Waals surface area contributed by atoms with Gasteiger partial charge in [0.1, 0.15) is 0 Å². The van der Waals surface area contributed by atoms with Gasteiger partial charge in [-0.1, -0.05) is 225 Å². The third-order valence-electron chi connectivity index (χ3n) is 15.2. The molecule has 0 saturated heterocycles. The van der Waals surface area contributed by atoms with Crippen molar-refractivity contribution < 1.29 is 0 Å². The predicted molar refractivity (Wildman–Crippen MR) is 301 cm³/mol. The molecule has 2 heteroatoms. The second kappa shape index (κ2) is 17.1. The maximum absolute atomic E-state index is 3.94. The highest BCUT2D eigenvalue weighted by Crippen LogP contribution is 2.58. The summed E-state index contributed by atoms with van der Waals surface area (Å²) in [6.07, 6.45) is 6.07. The van der Waals surface area contributed by atoms with Crippen LogP contribution in [0.5, 0.6) is 0 Å². The van der Waals surface area contributed by atoms with Crippen LogP contribution in [0.25, 0.3) is 49.5 Å². The van der Waals surface area contributed by atoms with Gasteiger partial charge in [-0.15, -0.1) is 11.3 Å². The van der Waals surface area contributed by atoms with Crippen molar-refractivity contribution in [3.05, 3.63) is 322 Å². The number of hydrogen-bond donors (Lipinski definition) is 0. The molecule has 0 unspecified atom stereocenters. The van der Waals surface area contributed by atoms with Crippen LogP contribution in [0.15, 0.2) is 267 Å². The van der Waals surface area contributed by atoms with E-state index in [1.54, 1.807) is 0 Å². The number of fused-ring (bicyclic) bond motifs is 7. The third-order valence-corrected chi connectivity index (χ3v) is 16.3. The van der Waals surface area contributed by atoms with Gasteiger partial charge in [-0.2, -0.15) is 0 Å². The van der Waals surface area contributed by atoms with E-state index in [-0.39, 0.29) is 0 Å². The molecule has 1 heterocycles. The highest BCUT2D eigenvalue weighted by atomic mass is 32.1. The number of thiophene rings is 1. The SMILES string of the molecule is C=C/C=C\c1c(C)sc2ccc(-c3cccc(N(c4ccc(C5(c6ccccc6)c6ccccc6-c6ccccc65)cc4)c4ccc(C5(c6ccccc6)c6ccccc6-c6ccccc65)cc4)c3)cc12. The van der Waals surface area contributed by atoms with Crippen LogP contribution in [-0.4, -0.2) is 0 Å². The first-order valence-electron chi connectivity index (χ1n) is 24.5. The van der Waals surface area contributed by atoms with Gasteiger partial charge in [0, 0.05) is 32.0 Å². The Morgan fingerprint density at radius 3 is 1.28 bits per heavy atom. The van der Waals surface area contributed by atoms with Gasteiger partial charge in [0.25, 0.3) is 0 Å². The Morgan fingerprint density at radius 1 is 0.394 bits per heavy atom. The van der Waals surface area contributed by atoms with E-state index in [4.69, 9.17) is 0 Å². The Bertz CT molecular complexity index is 3570. The molecule has 1 aromatic heterocycles. The molecule has 0 saturated carbocycles. The molecule has 336 valence electrons. The molecule has 13 rings (SSSR count). The van der Waals surface area contributed by atoms with E-state index in [0.29, 0.717) is 0 Å². The molecule has 0 aliphatic heterocycles.